The molecule has 1 rings (SSSR count). The first kappa shape index (κ1) is 52.4. The van der Waals surface area contributed by atoms with Gasteiger partial charge in [-0.15, -0.1) is 0 Å². The first-order valence-corrected chi connectivity index (χ1v) is 20.9. The fraction of sp³-hybridized carbons (Fsp3) is 0.683. The number of unbranched alkanes of at least 4 members (excludes halogenated alkanes) is 1. The number of carbonyl (C=O) groups is 7. The van der Waals surface area contributed by atoms with Gasteiger partial charge < -0.3 is 58.9 Å². The Hall–Kier alpha value is -4.65. The van der Waals surface area contributed by atoms with Gasteiger partial charge in [0.2, 0.25) is 17.7 Å². The van der Waals surface area contributed by atoms with Gasteiger partial charge in [0, 0.05) is 19.3 Å². The molecule has 334 valence electrons. The molecular weight excluding hydrogens is 763 g/mol. The highest BCUT2D eigenvalue weighted by Crippen LogP contribution is 2.09. The summed E-state index contributed by atoms with van der Waals surface area (Å²) in [4.78, 5) is 90.5. The van der Waals surface area contributed by atoms with Crippen LogP contribution in [0.25, 0.3) is 0 Å². The first-order valence-electron chi connectivity index (χ1n) is 20.9. The van der Waals surface area contributed by atoms with Crippen LogP contribution in [0.4, 0.5) is 0 Å². The van der Waals surface area contributed by atoms with Crippen LogP contribution in [0, 0.1) is 11.8 Å². The van der Waals surface area contributed by atoms with Crippen molar-refractivity contribution in [2.75, 3.05) is 13.1 Å². The lowest BCUT2D eigenvalue weighted by Crippen LogP contribution is -2.95. The summed E-state index contributed by atoms with van der Waals surface area (Å²) in [6.07, 6.45) is 2.55. The number of carboxylic acid groups (broad SMARTS) is 2. The number of nitrogens with one attached hydrogen (secondary N) is 6. The van der Waals surface area contributed by atoms with E-state index in [1.54, 1.807) is 5.32 Å². The van der Waals surface area contributed by atoms with Crippen LogP contribution < -0.4 is 48.7 Å². The van der Waals surface area contributed by atoms with Crippen LogP contribution in [0.5, 0.6) is 0 Å². The molecular formula is C41H73N9O9+2. The highest BCUT2D eigenvalue weighted by atomic mass is 16.4. The standard InChI is InChI=1S/C41H71N9O9/c1-8-9-17-32(41(58)59)49-36(53)26(6)46-38(55)31(18-19-34(51)52)48-39(56)33(22-28-14-11-10-12-15-28)45-23-29(21-24(2)3)47-40(57)35(25(4)5)50-37(54)30(43)16-13-20-44-27(7)42/h10-12,14-15,24-27,29-33,35,44-45H,8-9,13,16-23,42-43H2,1-7H3,(H,46,55)(H,47,57)(H,48,56)(H,49,53)(H,50,54)(H,51,52)(H,58,59)/p+2/t26-,27?,29-,30-,31-,32-,33-,35-/m0/s1. The van der Waals surface area contributed by atoms with Crippen LogP contribution in [-0.2, 0) is 40.0 Å². The predicted octanol–water partition coefficient (Wildman–Crippen LogP) is -1.27. The zero-order valence-electron chi connectivity index (χ0n) is 36.1. The third-order valence-electron chi connectivity index (χ3n) is 9.75. The van der Waals surface area contributed by atoms with Crippen molar-refractivity contribution in [2.24, 2.45) is 17.6 Å². The summed E-state index contributed by atoms with van der Waals surface area (Å²) in [5.41, 5.74) is 10.5. The molecule has 0 aliphatic carbocycles. The molecule has 1 aromatic rings. The first-order chi connectivity index (χ1) is 27.7. The molecule has 0 heterocycles. The number of nitrogens with two attached hydrogens (primary N) is 2. The van der Waals surface area contributed by atoms with Gasteiger partial charge in [0.25, 0.3) is 11.8 Å². The minimum atomic E-state index is -1.34. The third kappa shape index (κ3) is 21.8. The maximum absolute atomic E-state index is 14.0. The summed E-state index contributed by atoms with van der Waals surface area (Å²) < 4.78 is 0. The fourth-order valence-electron chi connectivity index (χ4n) is 6.33. The Labute approximate surface area is 348 Å². The predicted molar refractivity (Wildman–Crippen MR) is 222 cm³/mol. The van der Waals surface area contributed by atoms with Crippen molar-refractivity contribution < 1.29 is 54.8 Å². The number of rotatable bonds is 30. The molecule has 0 saturated heterocycles. The monoisotopic (exact) mass is 836 g/mol. The Morgan fingerprint density at radius 3 is 1.95 bits per heavy atom. The van der Waals surface area contributed by atoms with Crippen LogP contribution in [0.15, 0.2) is 30.3 Å². The number of carboxylic acids is 2. The van der Waals surface area contributed by atoms with Crippen molar-refractivity contribution in [1.82, 2.24) is 31.9 Å². The lowest BCUT2D eigenvalue weighted by molar-refractivity contribution is -0.678. The molecule has 0 saturated carbocycles. The van der Waals surface area contributed by atoms with E-state index in [1.807, 2.05) is 71.9 Å². The van der Waals surface area contributed by atoms with Gasteiger partial charge in [0.15, 0.2) is 12.1 Å². The van der Waals surface area contributed by atoms with Crippen LogP contribution in [0.3, 0.4) is 0 Å². The summed E-state index contributed by atoms with van der Waals surface area (Å²) in [7, 11) is 0. The molecule has 8 atom stereocenters. The number of amides is 5. The minimum absolute atomic E-state index is 0.150. The van der Waals surface area contributed by atoms with Crippen molar-refractivity contribution >= 4 is 41.5 Å². The smallest absolute Gasteiger partial charge is 0.326 e. The number of hydrogen-bond donors (Lipinski definition) is 11. The molecule has 1 unspecified atom stereocenters. The van der Waals surface area contributed by atoms with E-state index in [9.17, 15) is 43.8 Å². The molecule has 0 bridgehead atoms. The fourth-order valence-corrected chi connectivity index (χ4v) is 6.33. The van der Waals surface area contributed by atoms with Crippen molar-refractivity contribution in [3.05, 3.63) is 35.9 Å². The summed E-state index contributed by atoms with van der Waals surface area (Å²) >= 11 is 0. The highest BCUT2D eigenvalue weighted by Gasteiger charge is 2.33. The zero-order valence-corrected chi connectivity index (χ0v) is 36.1. The van der Waals surface area contributed by atoms with E-state index in [0.29, 0.717) is 32.2 Å². The van der Waals surface area contributed by atoms with Crippen molar-refractivity contribution in [2.45, 2.75) is 155 Å². The molecule has 5 amide bonds. The van der Waals surface area contributed by atoms with Gasteiger partial charge in [-0.3, -0.25) is 28.8 Å². The van der Waals surface area contributed by atoms with E-state index in [4.69, 9.17) is 5.73 Å². The van der Waals surface area contributed by atoms with E-state index in [-0.39, 0.29) is 55.6 Å². The second-order valence-corrected chi connectivity index (χ2v) is 16.2. The Bertz CT molecular complexity index is 1480. The van der Waals surface area contributed by atoms with Crippen LogP contribution in [0.1, 0.15) is 105 Å². The number of carbonyl (C=O) groups excluding carboxylic acids is 5. The second-order valence-electron chi connectivity index (χ2n) is 16.2. The van der Waals surface area contributed by atoms with Crippen molar-refractivity contribution in [3.63, 3.8) is 0 Å². The quantitative estimate of drug-likeness (QED) is 0.0321. The van der Waals surface area contributed by atoms with E-state index < -0.39 is 78.4 Å². The van der Waals surface area contributed by atoms with Gasteiger partial charge in [0.1, 0.15) is 24.2 Å². The number of hydrogen-bond acceptors (Lipinski definition) is 9. The maximum Gasteiger partial charge on any atom is 0.326 e. The SMILES string of the molecule is CCCC[C@H](NC(=O)[C@H](C)NC(=O)[C@H](CCC(=O)O)NC(=O)[C@H](Cc1ccccc1)[NH2+]C[C@H](CC(C)C)NC(=O)[C@@H](NC(=O)[C@@H]([NH3+])CCCNC(C)N)C(C)C)C(=O)O. The van der Waals surface area contributed by atoms with Gasteiger partial charge >= 0.3 is 11.9 Å². The summed E-state index contributed by atoms with van der Waals surface area (Å²) in [6.45, 7) is 13.6. The molecule has 15 N–H and O–H groups in total. The largest absolute Gasteiger partial charge is 0.481 e. The molecule has 0 spiro atoms. The number of quaternary nitrogens is 2. The van der Waals surface area contributed by atoms with Gasteiger partial charge in [-0.25, -0.2) is 4.79 Å². The Kier molecular flexibility index (Phi) is 24.8. The highest BCUT2D eigenvalue weighted by molar-refractivity contribution is 5.94. The Balaban J connectivity index is 3.22. The Morgan fingerprint density at radius 2 is 1.39 bits per heavy atom. The molecule has 18 nitrogen and oxygen atoms in total. The lowest BCUT2D eigenvalue weighted by atomic mass is 9.99. The molecule has 0 aliphatic rings. The molecule has 0 radical (unpaired) electrons. The van der Waals surface area contributed by atoms with Gasteiger partial charge in [-0.1, -0.05) is 77.8 Å². The summed E-state index contributed by atoms with van der Waals surface area (Å²) in [5.74, 6) is -5.32. The van der Waals surface area contributed by atoms with Gasteiger partial charge in [-0.05, 0) is 63.5 Å². The normalized spacial score (nSPS) is 15.4. The van der Waals surface area contributed by atoms with Crippen molar-refractivity contribution in [3.8, 4) is 0 Å². The molecule has 18 heteroatoms. The summed E-state index contributed by atoms with van der Waals surface area (Å²) in [5, 5.41) is 37.4. The maximum atomic E-state index is 14.0. The molecule has 0 aliphatic heterocycles. The third-order valence-corrected chi connectivity index (χ3v) is 9.75. The topological polar surface area (TPSA) is 302 Å². The van der Waals surface area contributed by atoms with Crippen LogP contribution in [-0.4, -0.2) is 113 Å². The van der Waals surface area contributed by atoms with Crippen LogP contribution in [0.2, 0.25) is 0 Å². The van der Waals surface area contributed by atoms with E-state index >= 15 is 0 Å². The lowest BCUT2D eigenvalue weighted by Gasteiger charge is -2.27. The molecule has 0 aromatic heterocycles. The molecule has 59 heavy (non-hydrogen) atoms. The number of aliphatic carboxylic acids is 2. The Morgan fingerprint density at radius 1 is 0.746 bits per heavy atom. The van der Waals surface area contributed by atoms with Gasteiger partial charge in [0.05, 0.1) is 18.8 Å². The van der Waals surface area contributed by atoms with Gasteiger partial charge in [-0.2, -0.15) is 0 Å². The van der Waals surface area contributed by atoms with E-state index in [1.165, 1.54) is 6.92 Å². The van der Waals surface area contributed by atoms with E-state index in [2.05, 4.69) is 37.6 Å². The van der Waals surface area contributed by atoms with Crippen molar-refractivity contribution in [1.29, 1.82) is 0 Å². The number of benzene rings is 1. The average Bonchev–Trinajstić information content (AvgIpc) is 3.16. The molecule has 0 fully saturated rings. The summed E-state index contributed by atoms with van der Waals surface area (Å²) in [6, 6.07) is 2.84. The van der Waals surface area contributed by atoms with Crippen LogP contribution >= 0.6 is 0 Å². The minimum Gasteiger partial charge on any atom is -0.481 e. The van der Waals surface area contributed by atoms with E-state index in [0.717, 1.165) is 12.0 Å². The molecule has 1 aromatic carbocycles. The zero-order chi connectivity index (χ0) is 44.7. The second kappa shape index (κ2) is 27.9. The average molecular weight is 836 g/mol.